The molecule has 0 aromatic rings. The molecule has 0 unspecified atom stereocenters. The highest BCUT2D eigenvalue weighted by atomic mass is 15.1. The van der Waals surface area contributed by atoms with Crippen LogP contribution in [0.15, 0.2) is 0 Å². The van der Waals surface area contributed by atoms with E-state index in [2.05, 4.69) is 25.7 Å². The van der Waals surface area contributed by atoms with E-state index in [0.29, 0.717) is 0 Å². The van der Waals surface area contributed by atoms with E-state index in [9.17, 15) is 0 Å². The van der Waals surface area contributed by atoms with E-state index >= 15 is 0 Å². The summed E-state index contributed by atoms with van der Waals surface area (Å²) in [6.07, 6.45) is 0. The molecular weight excluding hydrogens is 236 g/mol. The van der Waals surface area contributed by atoms with E-state index in [0.717, 1.165) is 0 Å². The lowest BCUT2D eigenvalue weighted by atomic mass is 10.5. The van der Waals surface area contributed by atoms with Crippen LogP contribution in [0.5, 0.6) is 0 Å². The van der Waals surface area contributed by atoms with Crippen molar-refractivity contribution in [2.24, 2.45) is 0 Å². The lowest BCUT2D eigenvalue weighted by molar-refractivity contribution is 0.321. The maximum Gasteiger partial charge on any atom is -0.00474 e. The van der Waals surface area contributed by atoms with Crippen LogP contribution in [-0.2, 0) is 0 Å². The zero-order valence-corrected chi connectivity index (χ0v) is 15.9. The van der Waals surface area contributed by atoms with E-state index in [1.807, 2.05) is 78.1 Å². The minimum Gasteiger partial charge on any atom is -0.312 e. The average molecular weight is 279 g/mol. The van der Waals surface area contributed by atoms with Crippen molar-refractivity contribution in [1.82, 2.24) is 19.6 Å². The fourth-order valence-corrected chi connectivity index (χ4v) is 0.671. The first-order valence-electron chi connectivity index (χ1n) is 7.09. The fraction of sp³-hybridized carbons (Fsp3) is 1.00. The predicted octanol–water partition coefficient (Wildman–Crippen LogP) is 1.88. The molecule has 0 aliphatic carbocycles. The van der Waals surface area contributed by atoms with Crippen molar-refractivity contribution in [3.63, 3.8) is 0 Å². The zero-order valence-electron chi connectivity index (χ0n) is 15.9. The molecule has 0 aliphatic rings. The number of rotatable bonds is 3. The Morgan fingerprint density at radius 1 is 0.421 bits per heavy atom. The summed E-state index contributed by atoms with van der Waals surface area (Å²) in [7, 11) is 18.0. The van der Waals surface area contributed by atoms with Gasteiger partial charge in [0, 0.05) is 0 Å². The van der Waals surface area contributed by atoms with Crippen LogP contribution in [0.2, 0.25) is 0 Å². The van der Waals surface area contributed by atoms with Crippen LogP contribution >= 0.6 is 0 Å². The number of hydrogen-bond donors (Lipinski definition) is 0. The quantitative estimate of drug-likeness (QED) is 0.781. The zero-order chi connectivity index (χ0) is 16.4. The fourth-order valence-electron chi connectivity index (χ4n) is 0.671. The summed E-state index contributed by atoms with van der Waals surface area (Å²) in [5.41, 5.74) is 0. The highest BCUT2D eigenvalue weighted by Crippen LogP contribution is 1.81. The van der Waals surface area contributed by atoms with Gasteiger partial charge in [-0.25, -0.2) is 0 Å². The van der Waals surface area contributed by atoms with E-state index in [1.54, 1.807) is 0 Å². The monoisotopic (exact) mass is 278 g/mol. The van der Waals surface area contributed by atoms with E-state index in [-0.39, 0.29) is 0 Å². The maximum atomic E-state index is 2.38. The van der Waals surface area contributed by atoms with Gasteiger partial charge in [0.15, 0.2) is 0 Å². The molecule has 0 aromatic heterocycles. The molecule has 19 heavy (non-hydrogen) atoms. The van der Waals surface area contributed by atoms with Gasteiger partial charge in [0.1, 0.15) is 0 Å². The van der Waals surface area contributed by atoms with Crippen LogP contribution in [0, 0.1) is 0 Å². The lowest BCUT2D eigenvalue weighted by Crippen LogP contribution is -2.21. The molecule has 4 heteroatoms. The minimum absolute atomic E-state index is 1.19. The summed E-state index contributed by atoms with van der Waals surface area (Å²) in [6.45, 7) is 10.1. The van der Waals surface area contributed by atoms with E-state index in [1.165, 1.54) is 19.6 Å². The van der Waals surface area contributed by atoms with Crippen LogP contribution in [0.1, 0.15) is 20.8 Å². The standard InChI is InChI=1S/C6H15N.3C3H9N/c1-4-7(5-2)6-3;3*1-4(2)3/h4-6H2,1-3H3;3*1-3H3. The van der Waals surface area contributed by atoms with Crippen molar-refractivity contribution < 1.29 is 0 Å². The highest BCUT2D eigenvalue weighted by Gasteiger charge is 1.89. The molecule has 0 heterocycles. The SMILES string of the molecule is CCN(CC)CC.CN(C)C.CN(C)C.CN(C)C. The molecule has 0 bridgehead atoms. The molecule has 0 saturated carbocycles. The Balaban J connectivity index is -0.0000000825. The van der Waals surface area contributed by atoms with Gasteiger partial charge in [-0.2, -0.15) is 0 Å². The second-order valence-corrected chi connectivity index (χ2v) is 5.64. The van der Waals surface area contributed by atoms with Gasteiger partial charge in [-0.1, -0.05) is 20.8 Å². The van der Waals surface area contributed by atoms with Gasteiger partial charge in [-0.15, -0.1) is 0 Å². The summed E-state index contributed by atoms with van der Waals surface area (Å²) >= 11 is 0. The van der Waals surface area contributed by atoms with Gasteiger partial charge in [0.05, 0.1) is 0 Å². The molecule has 0 fully saturated rings. The first-order valence-corrected chi connectivity index (χ1v) is 7.09. The molecule has 0 N–H and O–H groups in total. The van der Waals surface area contributed by atoms with Gasteiger partial charge < -0.3 is 19.6 Å². The molecule has 4 nitrogen and oxygen atoms in total. The first kappa shape index (κ1) is 27.2. The van der Waals surface area contributed by atoms with Crippen LogP contribution < -0.4 is 0 Å². The van der Waals surface area contributed by atoms with Crippen molar-refractivity contribution >= 4 is 0 Å². The first-order chi connectivity index (χ1) is 8.54. The lowest BCUT2D eigenvalue weighted by Gasteiger charge is -2.13. The van der Waals surface area contributed by atoms with Crippen molar-refractivity contribution in [2.75, 3.05) is 83.1 Å². The Hall–Kier alpha value is -0.160. The van der Waals surface area contributed by atoms with Crippen molar-refractivity contribution in [3.8, 4) is 0 Å². The van der Waals surface area contributed by atoms with Crippen LogP contribution in [0.4, 0.5) is 0 Å². The summed E-state index contributed by atoms with van der Waals surface area (Å²) < 4.78 is 0. The Kier molecular flexibility index (Phi) is 32.9. The molecule has 0 rings (SSSR count). The number of nitrogens with zero attached hydrogens (tertiary/aromatic N) is 4. The molecule has 0 aromatic carbocycles. The smallest absolute Gasteiger partial charge is 0.00474 e. The van der Waals surface area contributed by atoms with Gasteiger partial charge in [-0.05, 0) is 83.1 Å². The molecule has 0 saturated heterocycles. The Bertz CT molecular complexity index is 93.3. The summed E-state index contributed by atoms with van der Waals surface area (Å²) in [5.74, 6) is 0. The van der Waals surface area contributed by atoms with Gasteiger partial charge in [0.2, 0.25) is 0 Å². The third kappa shape index (κ3) is 131. The highest BCUT2D eigenvalue weighted by molar-refractivity contribution is 4.43. The van der Waals surface area contributed by atoms with Crippen molar-refractivity contribution in [2.45, 2.75) is 20.8 Å². The normalized spacial score (nSPS) is 9.47. The summed E-state index contributed by atoms with van der Waals surface area (Å²) in [4.78, 5) is 8.38. The Morgan fingerprint density at radius 3 is 0.526 bits per heavy atom. The second kappa shape index (κ2) is 23.0. The molecule has 0 spiro atoms. The summed E-state index contributed by atoms with van der Waals surface area (Å²) in [5, 5.41) is 0. The van der Waals surface area contributed by atoms with Gasteiger partial charge in [0.25, 0.3) is 0 Å². The van der Waals surface area contributed by atoms with Gasteiger partial charge >= 0.3 is 0 Å². The topological polar surface area (TPSA) is 13.0 Å². The summed E-state index contributed by atoms with van der Waals surface area (Å²) in [6, 6.07) is 0. The third-order valence-electron chi connectivity index (χ3n) is 1.34. The van der Waals surface area contributed by atoms with E-state index in [4.69, 9.17) is 0 Å². The van der Waals surface area contributed by atoms with Crippen molar-refractivity contribution in [3.05, 3.63) is 0 Å². The number of hydrogen-bond acceptors (Lipinski definition) is 4. The predicted molar refractivity (Wildman–Crippen MR) is 92.3 cm³/mol. The molecule has 0 aliphatic heterocycles. The van der Waals surface area contributed by atoms with Crippen LogP contribution in [0.25, 0.3) is 0 Å². The minimum atomic E-state index is 1.19. The average Bonchev–Trinajstić information content (AvgIpc) is 2.17. The molecule has 0 atom stereocenters. The second-order valence-electron chi connectivity index (χ2n) is 5.64. The molecule has 0 amide bonds. The maximum absolute atomic E-state index is 2.38. The molecule has 122 valence electrons. The van der Waals surface area contributed by atoms with Crippen LogP contribution in [0.3, 0.4) is 0 Å². The third-order valence-corrected chi connectivity index (χ3v) is 1.34. The Labute approximate surface area is 124 Å². The van der Waals surface area contributed by atoms with Gasteiger partial charge in [-0.3, -0.25) is 0 Å². The molecule has 0 radical (unpaired) electrons. The van der Waals surface area contributed by atoms with Crippen LogP contribution in [-0.4, -0.2) is 103 Å². The van der Waals surface area contributed by atoms with Crippen molar-refractivity contribution in [1.29, 1.82) is 0 Å². The Morgan fingerprint density at radius 2 is 0.526 bits per heavy atom. The molecular formula is C15H42N4. The largest absolute Gasteiger partial charge is 0.312 e. The van der Waals surface area contributed by atoms with E-state index < -0.39 is 0 Å².